The lowest BCUT2D eigenvalue weighted by Gasteiger charge is -2.35. The number of carbonyl (C=O) groups is 1. The SMILES string of the molecule is CCn1nnc2cc(C(=O)N3CCN(Cc4cc(OC)ccc4OC)CC3)ccc21. The van der Waals surface area contributed by atoms with E-state index in [0.717, 1.165) is 54.3 Å². The molecule has 0 unspecified atom stereocenters. The number of aromatic nitrogens is 3. The summed E-state index contributed by atoms with van der Waals surface area (Å²) in [6.07, 6.45) is 0. The van der Waals surface area contributed by atoms with Crippen molar-refractivity contribution in [3.05, 3.63) is 47.5 Å². The predicted octanol–water partition coefficient (Wildman–Crippen LogP) is 2.43. The van der Waals surface area contributed by atoms with Crippen LogP contribution in [0.25, 0.3) is 11.0 Å². The van der Waals surface area contributed by atoms with Gasteiger partial charge in [0.2, 0.25) is 0 Å². The largest absolute Gasteiger partial charge is 0.497 e. The molecule has 158 valence electrons. The molecule has 30 heavy (non-hydrogen) atoms. The smallest absolute Gasteiger partial charge is 0.254 e. The Hall–Kier alpha value is -3.13. The van der Waals surface area contributed by atoms with Gasteiger partial charge >= 0.3 is 0 Å². The van der Waals surface area contributed by atoms with E-state index < -0.39 is 0 Å². The number of hydrogen-bond acceptors (Lipinski definition) is 6. The van der Waals surface area contributed by atoms with Gasteiger partial charge in [-0.2, -0.15) is 0 Å². The third-order valence-electron chi connectivity index (χ3n) is 5.60. The molecule has 3 aromatic rings. The minimum atomic E-state index is 0.0431. The second-order valence-corrected chi connectivity index (χ2v) is 7.35. The minimum Gasteiger partial charge on any atom is -0.497 e. The highest BCUT2D eigenvalue weighted by Crippen LogP contribution is 2.26. The molecule has 0 atom stereocenters. The van der Waals surface area contributed by atoms with Gasteiger partial charge in [0.15, 0.2) is 0 Å². The maximum Gasteiger partial charge on any atom is 0.254 e. The number of rotatable bonds is 6. The van der Waals surface area contributed by atoms with E-state index >= 15 is 0 Å². The molecule has 4 rings (SSSR count). The first kappa shape index (κ1) is 20.2. The lowest BCUT2D eigenvalue weighted by molar-refractivity contribution is 0.0627. The summed E-state index contributed by atoms with van der Waals surface area (Å²) in [5.41, 5.74) is 3.45. The Kier molecular flexibility index (Phi) is 5.85. The fourth-order valence-electron chi connectivity index (χ4n) is 3.88. The van der Waals surface area contributed by atoms with E-state index in [1.54, 1.807) is 14.2 Å². The summed E-state index contributed by atoms with van der Waals surface area (Å²) < 4.78 is 12.7. The quantitative estimate of drug-likeness (QED) is 0.623. The van der Waals surface area contributed by atoms with Crippen LogP contribution in [0.1, 0.15) is 22.8 Å². The fraction of sp³-hybridized carbons (Fsp3) is 0.409. The Morgan fingerprint density at radius 2 is 1.83 bits per heavy atom. The van der Waals surface area contributed by atoms with Crippen molar-refractivity contribution < 1.29 is 14.3 Å². The van der Waals surface area contributed by atoms with E-state index in [0.29, 0.717) is 18.7 Å². The monoisotopic (exact) mass is 409 g/mol. The third kappa shape index (κ3) is 3.95. The highest BCUT2D eigenvalue weighted by Gasteiger charge is 2.23. The molecule has 0 spiro atoms. The number of fused-ring (bicyclic) bond motifs is 1. The summed E-state index contributed by atoms with van der Waals surface area (Å²) in [7, 11) is 3.34. The lowest BCUT2D eigenvalue weighted by Crippen LogP contribution is -2.48. The van der Waals surface area contributed by atoms with E-state index in [1.165, 1.54) is 0 Å². The molecule has 0 radical (unpaired) electrons. The molecule has 2 heterocycles. The second kappa shape index (κ2) is 8.71. The van der Waals surface area contributed by atoms with Crippen LogP contribution in [-0.2, 0) is 13.1 Å². The number of hydrogen-bond donors (Lipinski definition) is 0. The van der Waals surface area contributed by atoms with Crippen LogP contribution in [0.4, 0.5) is 0 Å². The zero-order valence-electron chi connectivity index (χ0n) is 17.7. The van der Waals surface area contributed by atoms with Crippen LogP contribution < -0.4 is 9.47 Å². The number of piperazine rings is 1. The molecular formula is C22H27N5O3. The summed E-state index contributed by atoms with van der Waals surface area (Å²) in [5, 5.41) is 8.30. The predicted molar refractivity (Wildman–Crippen MR) is 114 cm³/mol. The first-order valence-corrected chi connectivity index (χ1v) is 10.2. The van der Waals surface area contributed by atoms with E-state index in [2.05, 4.69) is 15.2 Å². The highest BCUT2D eigenvalue weighted by atomic mass is 16.5. The first-order chi connectivity index (χ1) is 14.6. The Morgan fingerprint density at radius 1 is 1.03 bits per heavy atom. The lowest BCUT2D eigenvalue weighted by atomic mass is 10.1. The van der Waals surface area contributed by atoms with E-state index in [1.807, 2.05) is 52.9 Å². The summed E-state index contributed by atoms with van der Waals surface area (Å²) >= 11 is 0. The van der Waals surface area contributed by atoms with Gasteiger partial charge in [0, 0.05) is 50.4 Å². The molecular weight excluding hydrogens is 382 g/mol. The van der Waals surface area contributed by atoms with Crippen LogP contribution in [0, 0.1) is 0 Å². The van der Waals surface area contributed by atoms with E-state index in [9.17, 15) is 4.79 Å². The van der Waals surface area contributed by atoms with Crippen molar-refractivity contribution in [3.8, 4) is 11.5 Å². The molecule has 1 fully saturated rings. The van der Waals surface area contributed by atoms with Gasteiger partial charge in [0.1, 0.15) is 17.0 Å². The molecule has 1 aromatic heterocycles. The number of carbonyl (C=O) groups excluding carboxylic acids is 1. The number of ether oxygens (including phenoxy) is 2. The van der Waals surface area contributed by atoms with Crippen LogP contribution in [-0.4, -0.2) is 71.1 Å². The molecule has 1 saturated heterocycles. The van der Waals surface area contributed by atoms with Crippen LogP contribution >= 0.6 is 0 Å². The Labute approximate surface area is 176 Å². The Morgan fingerprint density at radius 3 is 2.53 bits per heavy atom. The normalized spacial score (nSPS) is 14.8. The average molecular weight is 409 g/mol. The average Bonchev–Trinajstić information content (AvgIpc) is 3.21. The standard InChI is InChI=1S/C22H27N5O3/c1-4-27-20-7-5-16(14-19(20)23-24-27)22(28)26-11-9-25(10-12-26)15-17-13-18(29-2)6-8-21(17)30-3/h5-8,13-14H,4,9-12,15H2,1-3H3. The van der Waals surface area contributed by atoms with Crippen molar-refractivity contribution in [1.29, 1.82) is 0 Å². The van der Waals surface area contributed by atoms with Crippen molar-refractivity contribution in [2.24, 2.45) is 0 Å². The third-order valence-corrected chi connectivity index (χ3v) is 5.60. The van der Waals surface area contributed by atoms with E-state index in [4.69, 9.17) is 9.47 Å². The van der Waals surface area contributed by atoms with Crippen molar-refractivity contribution in [3.63, 3.8) is 0 Å². The van der Waals surface area contributed by atoms with Crippen molar-refractivity contribution in [2.75, 3.05) is 40.4 Å². The Bertz CT molecular complexity index is 1040. The molecule has 0 aliphatic carbocycles. The summed E-state index contributed by atoms with van der Waals surface area (Å²) in [4.78, 5) is 17.2. The van der Waals surface area contributed by atoms with Gasteiger partial charge in [-0.1, -0.05) is 5.21 Å². The highest BCUT2D eigenvalue weighted by molar-refractivity contribution is 5.97. The zero-order chi connectivity index (χ0) is 21.1. The molecule has 0 bridgehead atoms. The number of methoxy groups -OCH3 is 2. The van der Waals surface area contributed by atoms with Gasteiger partial charge in [-0.05, 0) is 43.3 Å². The zero-order valence-corrected chi connectivity index (χ0v) is 17.7. The number of nitrogens with zero attached hydrogens (tertiary/aromatic N) is 5. The van der Waals surface area contributed by atoms with Crippen molar-refractivity contribution in [1.82, 2.24) is 24.8 Å². The molecule has 1 amide bonds. The molecule has 0 saturated carbocycles. The van der Waals surface area contributed by atoms with Gasteiger partial charge < -0.3 is 14.4 Å². The van der Waals surface area contributed by atoms with Gasteiger partial charge in [-0.25, -0.2) is 4.68 Å². The Balaban J connectivity index is 1.40. The van der Waals surface area contributed by atoms with Crippen LogP contribution in [0.15, 0.2) is 36.4 Å². The minimum absolute atomic E-state index is 0.0431. The maximum atomic E-state index is 13.0. The second-order valence-electron chi connectivity index (χ2n) is 7.35. The molecule has 2 aromatic carbocycles. The van der Waals surface area contributed by atoms with Crippen LogP contribution in [0.5, 0.6) is 11.5 Å². The van der Waals surface area contributed by atoms with E-state index in [-0.39, 0.29) is 5.91 Å². The van der Waals surface area contributed by atoms with Gasteiger partial charge in [0.25, 0.3) is 5.91 Å². The van der Waals surface area contributed by atoms with Gasteiger partial charge in [-0.3, -0.25) is 9.69 Å². The number of benzene rings is 2. The molecule has 8 nitrogen and oxygen atoms in total. The van der Waals surface area contributed by atoms with Gasteiger partial charge in [0.05, 0.1) is 19.7 Å². The first-order valence-electron chi connectivity index (χ1n) is 10.2. The number of amides is 1. The van der Waals surface area contributed by atoms with Crippen molar-refractivity contribution in [2.45, 2.75) is 20.0 Å². The summed E-state index contributed by atoms with van der Waals surface area (Å²) in [6.45, 7) is 6.52. The number of aryl methyl sites for hydroxylation is 1. The van der Waals surface area contributed by atoms with Crippen LogP contribution in [0.3, 0.4) is 0 Å². The maximum absolute atomic E-state index is 13.0. The van der Waals surface area contributed by atoms with Crippen molar-refractivity contribution >= 4 is 16.9 Å². The van der Waals surface area contributed by atoms with Crippen LogP contribution in [0.2, 0.25) is 0 Å². The van der Waals surface area contributed by atoms with Gasteiger partial charge in [-0.15, -0.1) is 5.10 Å². The summed E-state index contributed by atoms with van der Waals surface area (Å²) in [5.74, 6) is 1.71. The molecule has 8 heteroatoms. The summed E-state index contributed by atoms with van der Waals surface area (Å²) in [6, 6.07) is 11.5. The fourth-order valence-corrected chi connectivity index (χ4v) is 3.88. The molecule has 1 aliphatic heterocycles. The molecule has 0 N–H and O–H groups in total. The topological polar surface area (TPSA) is 72.7 Å². The molecule has 1 aliphatic rings.